The minimum absolute atomic E-state index is 0.0839. The molecule has 0 saturated carbocycles. The Labute approximate surface area is 81.1 Å². The number of aliphatic hydroxyl groups is 1. The van der Waals surface area contributed by atoms with E-state index in [0.717, 1.165) is 18.2 Å². The van der Waals surface area contributed by atoms with Gasteiger partial charge in [-0.3, -0.25) is 0 Å². The molecule has 2 nitrogen and oxygen atoms in total. The molecule has 1 rings (SSSR count). The van der Waals surface area contributed by atoms with Crippen LogP contribution in [0.1, 0.15) is 18.6 Å². The molecule has 1 N–H and O–H groups in total. The van der Waals surface area contributed by atoms with E-state index in [1.165, 1.54) is 7.11 Å². The van der Waals surface area contributed by atoms with Gasteiger partial charge in [0.2, 0.25) is 0 Å². The molecule has 0 radical (unpaired) electrons. The highest BCUT2D eigenvalue weighted by Crippen LogP contribution is 2.22. The summed E-state index contributed by atoms with van der Waals surface area (Å²) in [4.78, 5) is 0. The fourth-order valence-corrected chi connectivity index (χ4v) is 1.12. The number of rotatable bonds is 3. The standard InChI is InChI=1S/C10H12F2O2/c1-6(14-2)10(13)8-5-7(11)3-4-9(8)12/h3-6,10,13H,1-2H3. The smallest absolute Gasteiger partial charge is 0.129 e. The zero-order valence-electron chi connectivity index (χ0n) is 8.00. The van der Waals surface area contributed by atoms with Gasteiger partial charge in [0.1, 0.15) is 17.7 Å². The lowest BCUT2D eigenvalue weighted by Crippen LogP contribution is -2.18. The Kier molecular flexibility index (Phi) is 3.55. The van der Waals surface area contributed by atoms with E-state index in [9.17, 15) is 13.9 Å². The van der Waals surface area contributed by atoms with Crippen LogP contribution in [0.5, 0.6) is 0 Å². The number of methoxy groups -OCH3 is 1. The largest absolute Gasteiger partial charge is 0.386 e. The Morgan fingerprint density at radius 1 is 1.36 bits per heavy atom. The van der Waals surface area contributed by atoms with Gasteiger partial charge in [-0.25, -0.2) is 8.78 Å². The number of ether oxygens (including phenoxy) is 1. The van der Waals surface area contributed by atoms with Crippen molar-refractivity contribution in [3.63, 3.8) is 0 Å². The molecule has 0 aliphatic carbocycles. The quantitative estimate of drug-likeness (QED) is 0.812. The molecule has 0 saturated heterocycles. The van der Waals surface area contributed by atoms with Gasteiger partial charge in [0, 0.05) is 12.7 Å². The summed E-state index contributed by atoms with van der Waals surface area (Å²) >= 11 is 0. The average molecular weight is 202 g/mol. The normalized spacial score (nSPS) is 15.2. The van der Waals surface area contributed by atoms with Crippen molar-refractivity contribution in [1.82, 2.24) is 0 Å². The number of benzene rings is 1. The first-order valence-corrected chi connectivity index (χ1v) is 4.22. The second-order valence-corrected chi connectivity index (χ2v) is 3.05. The molecule has 2 atom stereocenters. The summed E-state index contributed by atoms with van der Waals surface area (Å²) in [6, 6.07) is 2.95. The third kappa shape index (κ3) is 2.27. The van der Waals surface area contributed by atoms with E-state index in [1.54, 1.807) is 6.92 Å². The fourth-order valence-electron chi connectivity index (χ4n) is 1.12. The molecule has 1 aromatic carbocycles. The van der Waals surface area contributed by atoms with Gasteiger partial charge >= 0.3 is 0 Å². The molecular weight excluding hydrogens is 190 g/mol. The molecule has 0 bridgehead atoms. The molecule has 0 fully saturated rings. The Morgan fingerprint density at radius 3 is 2.57 bits per heavy atom. The molecule has 0 amide bonds. The summed E-state index contributed by atoms with van der Waals surface area (Å²) in [5.74, 6) is -1.22. The SMILES string of the molecule is COC(C)C(O)c1cc(F)ccc1F. The van der Waals surface area contributed by atoms with E-state index < -0.39 is 23.8 Å². The summed E-state index contributed by atoms with van der Waals surface area (Å²) in [6.07, 6.45) is -1.73. The van der Waals surface area contributed by atoms with E-state index in [0.29, 0.717) is 0 Å². The van der Waals surface area contributed by atoms with Crippen molar-refractivity contribution < 1.29 is 18.6 Å². The van der Waals surface area contributed by atoms with E-state index in [2.05, 4.69) is 0 Å². The predicted molar refractivity (Wildman–Crippen MR) is 47.8 cm³/mol. The van der Waals surface area contributed by atoms with Crippen molar-refractivity contribution in [2.45, 2.75) is 19.1 Å². The van der Waals surface area contributed by atoms with Crippen molar-refractivity contribution in [3.8, 4) is 0 Å². The van der Waals surface area contributed by atoms with Gasteiger partial charge in [-0.05, 0) is 25.1 Å². The monoisotopic (exact) mass is 202 g/mol. The van der Waals surface area contributed by atoms with E-state index in [-0.39, 0.29) is 5.56 Å². The molecule has 14 heavy (non-hydrogen) atoms. The van der Waals surface area contributed by atoms with Crippen molar-refractivity contribution in [3.05, 3.63) is 35.4 Å². The molecular formula is C10H12F2O2. The van der Waals surface area contributed by atoms with Crippen LogP contribution in [-0.2, 0) is 4.74 Å². The van der Waals surface area contributed by atoms with Gasteiger partial charge in [0.15, 0.2) is 0 Å². The molecule has 0 aromatic heterocycles. The molecule has 4 heteroatoms. The third-order valence-electron chi connectivity index (χ3n) is 2.09. The van der Waals surface area contributed by atoms with Gasteiger partial charge < -0.3 is 9.84 Å². The predicted octanol–water partition coefficient (Wildman–Crippen LogP) is 2.03. The van der Waals surface area contributed by atoms with Crippen molar-refractivity contribution >= 4 is 0 Å². The second kappa shape index (κ2) is 4.48. The minimum atomic E-state index is -1.16. The Hall–Kier alpha value is -1.00. The van der Waals surface area contributed by atoms with E-state index >= 15 is 0 Å². The summed E-state index contributed by atoms with van der Waals surface area (Å²) in [6.45, 7) is 1.58. The Bertz CT molecular complexity index is 315. The molecule has 2 unspecified atom stereocenters. The second-order valence-electron chi connectivity index (χ2n) is 3.05. The first kappa shape index (κ1) is 11.1. The van der Waals surface area contributed by atoms with Crippen molar-refractivity contribution in [2.75, 3.05) is 7.11 Å². The van der Waals surface area contributed by atoms with Crippen LogP contribution in [0.2, 0.25) is 0 Å². The number of halogens is 2. The lowest BCUT2D eigenvalue weighted by molar-refractivity contribution is -0.00328. The van der Waals surface area contributed by atoms with Crippen LogP contribution in [-0.4, -0.2) is 18.3 Å². The van der Waals surface area contributed by atoms with Crippen LogP contribution in [0, 0.1) is 11.6 Å². The Morgan fingerprint density at radius 2 is 2.00 bits per heavy atom. The van der Waals surface area contributed by atoms with Gasteiger partial charge in [-0.15, -0.1) is 0 Å². The van der Waals surface area contributed by atoms with Gasteiger partial charge in [0.05, 0.1) is 6.10 Å². The average Bonchev–Trinajstić information content (AvgIpc) is 2.19. The highest BCUT2D eigenvalue weighted by Gasteiger charge is 2.19. The van der Waals surface area contributed by atoms with Gasteiger partial charge in [-0.1, -0.05) is 0 Å². The number of hydrogen-bond acceptors (Lipinski definition) is 2. The first-order valence-electron chi connectivity index (χ1n) is 4.22. The zero-order chi connectivity index (χ0) is 10.7. The Balaban J connectivity index is 2.99. The van der Waals surface area contributed by atoms with E-state index in [4.69, 9.17) is 4.74 Å². The molecule has 0 aliphatic heterocycles. The topological polar surface area (TPSA) is 29.5 Å². The fraction of sp³-hybridized carbons (Fsp3) is 0.400. The molecule has 78 valence electrons. The van der Waals surface area contributed by atoms with Crippen LogP contribution in [0.3, 0.4) is 0 Å². The van der Waals surface area contributed by atoms with E-state index in [1.807, 2.05) is 0 Å². The van der Waals surface area contributed by atoms with Crippen LogP contribution >= 0.6 is 0 Å². The third-order valence-corrected chi connectivity index (χ3v) is 2.09. The van der Waals surface area contributed by atoms with Crippen LogP contribution in [0.25, 0.3) is 0 Å². The molecule has 0 heterocycles. The first-order chi connectivity index (χ1) is 6.56. The van der Waals surface area contributed by atoms with Crippen molar-refractivity contribution in [2.24, 2.45) is 0 Å². The summed E-state index contributed by atoms with van der Waals surface area (Å²) in [5.41, 5.74) is -0.0839. The summed E-state index contributed by atoms with van der Waals surface area (Å²) in [5, 5.41) is 9.56. The number of aliphatic hydroxyl groups excluding tert-OH is 1. The van der Waals surface area contributed by atoms with Gasteiger partial charge in [0.25, 0.3) is 0 Å². The number of hydrogen-bond donors (Lipinski definition) is 1. The minimum Gasteiger partial charge on any atom is -0.386 e. The maximum atomic E-state index is 13.1. The molecule has 1 aromatic rings. The maximum Gasteiger partial charge on any atom is 0.129 e. The van der Waals surface area contributed by atoms with Crippen LogP contribution in [0.4, 0.5) is 8.78 Å². The summed E-state index contributed by atoms with van der Waals surface area (Å²) in [7, 11) is 1.39. The zero-order valence-corrected chi connectivity index (χ0v) is 8.00. The van der Waals surface area contributed by atoms with Crippen LogP contribution in [0.15, 0.2) is 18.2 Å². The molecule has 0 spiro atoms. The highest BCUT2D eigenvalue weighted by atomic mass is 19.1. The van der Waals surface area contributed by atoms with Gasteiger partial charge in [-0.2, -0.15) is 0 Å². The van der Waals surface area contributed by atoms with Crippen LogP contribution < -0.4 is 0 Å². The van der Waals surface area contributed by atoms with Crippen molar-refractivity contribution in [1.29, 1.82) is 0 Å². The lowest BCUT2D eigenvalue weighted by Gasteiger charge is -2.18. The summed E-state index contributed by atoms with van der Waals surface area (Å²) < 4.78 is 30.7. The lowest BCUT2D eigenvalue weighted by atomic mass is 10.0. The highest BCUT2D eigenvalue weighted by molar-refractivity contribution is 5.21. The molecule has 0 aliphatic rings. The maximum absolute atomic E-state index is 13.1.